The molecule has 2 unspecified atom stereocenters. The summed E-state index contributed by atoms with van der Waals surface area (Å²) in [5.41, 5.74) is 4.23. The highest BCUT2D eigenvalue weighted by molar-refractivity contribution is 5.29. The fourth-order valence-electron chi connectivity index (χ4n) is 2.83. The van der Waals surface area contributed by atoms with Gasteiger partial charge < -0.3 is 5.32 Å². The van der Waals surface area contributed by atoms with Crippen molar-refractivity contribution >= 4 is 0 Å². The third kappa shape index (κ3) is 4.81. The van der Waals surface area contributed by atoms with E-state index in [-0.39, 0.29) is 0 Å². The summed E-state index contributed by atoms with van der Waals surface area (Å²) in [6.07, 6.45) is 3.73. The van der Waals surface area contributed by atoms with Gasteiger partial charge in [-0.2, -0.15) is 0 Å². The predicted molar refractivity (Wildman–Crippen MR) is 81.2 cm³/mol. The van der Waals surface area contributed by atoms with Gasteiger partial charge in [0, 0.05) is 6.04 Å². The first-order chi connectivity index (χ1) is 8.56. The maximum absolute atomic E-state index is 3.65. The van der Waals surface area contributed by atoms with Gasteiger partial charge in [-0.15, -0.1) is 0 Å². The normalized spacial score (nSPS) is 14.5. The Balaban J connectivity index is 2.75. The predicted octanol–water partition coefficient (Wildman–Crippen LogP) is 4.26. The first kappa shape index (κ1) is 15.2. The minimum atomic E-state index is 0.608. The van der Waals surface area contributed by atoms with Crippen LogP contribution in [0.25, 0.3) is 0 Å². The number of rotatable bonds is 7. The molecular weight excluding hydrogens is 218 g/mol. The molecule has 18 heavy (non-hydrogen) atoms. The second-order valence-corrected chi connectivity index (χ2v) is 5.63. The number of benzene rings is 1. The van der Waals surface area contributed by atoms with Gasteiger partial charge in [-0.1, -0.05) is 56.5 Å². The lowest BCUT2D eigenvalue weighted by atomic mass is 9.90. The van der Waals surface area contributed by atoms with Crippen LogP contribution in [0.2, 0.25) is 0 Å². The molecule has 1 aromatic carbocycles. The van der Waals surface area contributed by atoms with Crippen molar-refractivity contribution < 1.29 is 0 Å². The molecule has 0 radical (unpaired) electrons. The van der Waals surface area contributed by atoms with Gasteiger partial charge in [0.1, 0.15) is 0 Å². The van der Waals surface area contributed by atoms with Crippen molar-refractivity contribution in [2.24, 2.45) is 5.92 Å². The summed E-state index contributed by atoms with van der Waals surface area (Å²) in [6.45, 7) is 12.3. The Hall–Kier alpha value is -0.820. The van der Waals surface area contributed by atoms with Crippen LogP contribution in [0.4, 0.5) is 0 Å². The zero-order valence-electron chi connectivity index (χ0n) is 12.7. The molecule has 102 valence electrons. The van der Waals surface area contributed by atoms with Gasteiger partial charge in [0.25, 0.3) is 0 Å². The molecule has 0 aliphatic carbocycles. The van der Waals surface area contributed by atoms with Crippen molar-refractivity contribution in [3.05, 3.63) is 34.9 Å². The summed E-state index contributed by atoms with van der Waals surface area (Å²) < 4.78 is 0. The molecule has 0 fully saturated rings. The third-order valence-corrected chi connectivity index (χ3v) is 3.63. The molecule has 0 amide bonds. The molecule has 0 aliphatic heterocycles. The van der Waals surface area contributed by atoms with Crippen molar-refractivity contribution in [3.63, 3.8) is 0 Å². The zero-order chi connectivity index (χ0) is 13.5. The molecular formula is C17H29N. The number of likely N-dealkylation sites (N-methyl/N-ethyl adjacent to an activating group) is 1. The van der Waals surface area contributed by atoms with E-state index in [1.54, 1.807) is 0 Å². The fourth-order valence-corrected chi connectivity index (χ4v) is 2.83. The highest BCUT2D eigenvalue weighted by Gasteiger charge is 2.16. The third-order valence-electron chi connectivity index (χ3n) is 3.63. The minimum Gasteiger partial charge on any atom is -0.314 e. The summed E-state index contributed by atoms with van der Waals surface area (Å²) in [6, 6.07) is 7.52. The Morgan fingerprint density at radius 1 is 1.06 bits per heavy atom. The minimum absolute atomic E-state index is 0.608. The van der Waals surface area contributed by atoms with Gasteiger partial charge in [-0.05, 0) is 44.7 Å². The van der Waals surface area contributed by atoms with E-state index in [0.29, 0.717) is 6.04 Å². The van der Waals surface area contributed by atoms with Crippen LogP contribution in [0.5, 0.6) is 0 Å². The van der Waals surface area contributed by atoms with Crippen LogP contribution in [0.3, 0.4) is 0 Å². The molecule has 0 saturated heterocycles. The molecule has 0 heterocycles. The second-order valence-electron chi connectivity index (χ2n) is 5.63. The van der Waals surface area contributed by atoms with E-state index in [0.717, 1.165) is 18.9 Å². The largest absolute Gasteiger partial charge is 0.314 e. The summed E-state index contributed by atoms with van der Waals surface area (Å²) in [7, 11) is 0. The van der Waals surface area contributed by atoms with E-state index >= 15 is 0 Å². The zero-order valence-corrected chi connectivity index (χ0v) is 12.7. The topological polar surface area (TPSA) is 12.0 Å². The van der Waals surface area contributed by atoms with Crippen LogP contribution < -0.4 is 5.32 Å². The van der Waals surface area contributed by atoms with Crippen molar-refractivity contribution in [1.29, 1.82) is 0 Å². The summed E-state index contributed by atoms with van der Waals surface area (Å²) in [4.78, 5) is 0. The number of aryl methyl sites for hydroxylation is 2. The molecule has 0 aliphatic rings. The molecule has 1 rings (SSSR count). The molecule has 1 aromatic rings. The summed E-state index contributed by atoms with van der Waals surface area (Å²) >= 11 is 0. The lowest BCUT2D eigenvalue weighted by molar-refractivity contribution is 0.358. The van der Waals surface area contributed by atoms with Gasteiger partial charge in [-0.3, -0.25) is 0 Å². The maximum atomic E-state index is 3.65. The second kappa shape index (κ2) is 7.58. The molecule has 0 aromatic heterocycles. The Kier molecular flexibility index (Phi) is 6.42. The number of hydrogen-bond acceptors (Lipinski definition) is 1. The van der Waals surface area contributed by atoms with Gasteiger partial charge in [0.2, 0.25) is 0 Å². The molecule has 0 bridgehead atoms. The average Bonchev–Trinajstić information content (AvgIpc) is 2.27. The molecule has 1 N–H and O–H groups in total. The fraction of sp³-hybridized carbons (Fsp3) is 0.647. The van der Waals surface area contributed by atoms with E-state index in [1.807, 2.05) is 0 Å². The molecule has 1 heteroatoms. The molecule has 0 spiro atoms. The van der Waals surface area contributed by atoms with Crippen LogP contribution in [0.15, 0.2) is 18.2 Å². The van der Waals surface area contributed by atoms with Crippen molar-refractivity contribution in [1.82, 2.24) is 5.32 Å². The van der Waals surface area contributed by atoms with Gasteiger partial charge in [0.15, 0.2) is 0 Å². The average molecular weight is 247 g/mol. The Morgan fingerprint density at radius 2 is 1.67 bits per heavy atom. The lowest BCUT2D eigenvalue weighted by Gasteiger charge is -2.25. The van der Waals surface area contributed by atoms with E-state index in [2.05, 4.69) is 58.1 Å². The SMILES string of the molecule is CCCC(C)C(Cc1cc(C)cc(C)c1)NCC. The summed E-state index contributed by atoms with van der Waals surface area (Å²) in [5, 5.41) is 3.65. The maximum Gasteiger partial charge on any atom is 0.0133 e. The highest BCUT2D eigenvalue weighted by atomic mass is 14.9. The molecule has 1 nitrogen and oxygen atoms in total. The van der Waals surface area contributed by atoms with Crippen molar-refractivity contribution in [2.45, 2.75) is 59.9 Å². The smallest absolute Gasteiger partial charge is 0.0133 e. The first-order valence-electron chi connectivity index (χ1n) is 7.37. The Morgan fingerprint density at radius 3 is 2.17 bits per heavy atom. The van der Waals surface area contributed by atoms with Crippen molar-refractivity contribution in [2.75, 3.05) is 6.54 Å². The summed E-state index contributed by atoms with van der Waals surface area (Å²) in [5.74, 6) is 0.746. The van der Waals surface area contributed by atoms with E-state index in [1.165, 1.54) is 29.5 Å². The number of nitrogens with one attached hydrogen (secondary N) is 1. The highest BCUT2D eigenvalue weighted by Crippen LogP contribution is 2.17. The molecule has 0 saturated carbocycles. The van der Waals surface area contributed by atoms with Crippen LogP contribution in [-0.4, -0.2) is 12.6 Å². The first-order valence-corrected chi connectivity index (χ1v) is 7.37. The van der Waals surface area contributed by atoms with Crippen LogP contribution in [0, 0.1) is 19.8 Å². The number of hydrogen-bond donors (Lipinski definition) is 1. The van der Waals surface area contributed by atoms with Gasteiger partial charge in [-0.25, -0.2) is 0 Å². The van der Waals surface area contributed by atoms with Crippen LogP contribution >= 0.6 is 0 Å². The lowest BCUT2D eigenvalue weighted by Crippen LogP contribution is -2.36. The monoisotopic (exact) mass is 247 g/mol. The van der Waals surface area contributed by atoms with E-state index in [9.17, 15) is 0 Å². The quantitative estimate of drug-likeness (QED) is 0.759. The van der Waals surface area contributed by atoms with Crippen LogP contribution in [-0.2, 0) is 6.42 Å². The standard InChI is InChI=1S/C17H29N/c1-6-8-15(5)17(18-7-2)12-16-10-13(3)9-14(4)11-16/h9-11,15,17-18H,6-8,12H2,1-5H3. The van der Waals surface area contributed by atoms with Crippen LogP contribution in [0.1, 0.15) is 50.3 Å². The molecule has 2 atom stereocenters. The van der Waals surface area contributed by atoms with Gasteiger partial charge in [0.05, 0.1) is 0 Å². The Bertz CT molecular complexity index is 336. The van der Waals surface area contributed by atoms with E-state index in [4.69, 9.17) is 0 Å². The Labute approximate surface area is 113 Å². The van der Waals surface area contributed by atoms with E-state index < -0.39 is 0 Å². The van der Waals surface area contributed by atoms with Crippen molar-refractivity contribution in [3.8, 4) is 0 Å². The van der Waals surface area contributed by atoms with Gasteiger partial charge >= 0.3 is 0 Å².